The number of nitro benzene ring substituents is 1. The predicted molar refractivity (Wildman–Crippen MR) is 119 cm³/mol. The molecule has 0 atom stereocenters. The van der Waals surface area contributed by atoms with E-state index in [9.17, 15) is 20.0 Å². The number of halogens is 1. The monoisotopic (exact) mass is 490 g/mol. The lowest BCUT2D eigenvalue weighted by Crippen LogP contribution is -2.39. The molecule has 1 aliphatic heterocycles. The molecule has 0 aliphatic carbocycles. The molecule has 2 N–H and O–H groups in total. The number of nitrogens with zero attached hydrogens (tertiary/aromatic N) is 3. The van der Waals surface area contributed by atoms with Gasteiger partial charge in [-0.05, 0) is 43.6 Å². The summed E-state index contributed by atoms with van der Waals surface area (Å²) >= 11 is 3.34. The summed E-state index contributed by atoms with van der Waals surface area (Å²) in [6.45, 7) is 2.19. The van der Waals surface area contributed by atoms with Crippen LogP contribution in [-0.2, 0) is 11.3 Å². The number of likely N-dealkylation sites (tertiary alicyclic amines) is 1. The topological polar surface area (TPSA) is 117 Å². The minimum absolute atomic E-state index is 0.0525. The van der Waals surface area contributed by atoms with Crippen molar-refractivity contribution >= 4 is 33.7 Å². The van der Waals surface area contributed by atoms with E-state index in [0.29, 0.717) is 30.7 Å². The highest BCUT2D eigenvalue weighted by atomic mass is 79.9. The van der Waals surface area contributed by atoms with Crippen molar-refractivity contribution in [2.24, 2.45) is 11.0 Å². The molecule has 31 heavy (non-hydrogen) atoms. The van der Waals surface area contributed by atoms with Gasteiger partial charge in [-0.1, -0.05) is 28.1 Å². The summed E-state index contributed by atoms with van der Waals surface area (Å²) in [6.07, 6.45) is 2.78. The molecule has 0 saturated carbocycles. The summed E-state index contributed by atoms with van der Waals surface area (Å²) < 4.78 is 5.81. The highest BCUT2D eigenvalue weighted by Gasteiger charge is 2.25. The van der Waals surface area contributed by atoms with Crippen molar-refractivity contribution < 1.29 is 19.6 Å². The molecule has 10 heteroatoms. The summed E-state index contributed by atoms with van der Waals surface area (Å²) in [5.41, 5.74) is 4.05. The van der Waals surface area contributed by atoms with Crippen molar-refractivity contribution in [2.75, 3.05) is 20.2 Å². The van der Waals surface area contributed by atoms with Crippen molar-refractivity contribution in [1.29, 1.82) is 0 Å². The van der Waals surface area contributed by atoms with Gasteiger partial charge in [-0.25, -0.2) is 5.43 Å². The smallest absolute Gasteiger partial charge is 0.269 e. The Labute approximate surface area is 188 Å². The number of phenolic OH excluding ortho intramolecular Hbond substituents is 1. The zero-order valence-corrected chi connectivity index (χ0v) is 18.5. The van der Waals surface area contributed by atoms with Crippen molar-refractivity contribution in [1.82, 2.24) is 10.3 Å². The number of hydrazone groups is 1. The predicted octanol–water partition coefficient (Wildman–Crippen LogP) is 3.43. The molecular weight excluding hydrogens is 468 g/mol. The molecular formula is C21H23BrN4O5. The summed E-state index contributed by atoms with van der Waals surface area (Å²) in [4.78, 5) is 25.0. The lowest BCUT2D eigenvalue weighted by molar-refractivity contribution is -0.384. The number of carbonyl (C=O) groups is 1. The van der Waals surface area contributed by atoms with Gasteiger partial charge in [0.05, 0.1) is 18.2 Å². The van der Waals surface area contributed by atoms with Gasteiger partial charge in [0.2, 0.25) is 5.91 Å². The third kappa shape index (κ3) is 6.02. The first-order chi connectivity index (χ1) is 14.9. The van der Waals surface area contributed by atoms with Gasteiger partial charge in [-0.3, -0.25) is 19.8 Å². The number of amides is 1. The van der Waals surface area contributed by atoms with Crippen LogP contribution in [0.4, 0.5) is 5.69 Å². The number of nitro groups is 1. The van der Waals surface area contributed by atoms with Crippen molar-refractivity contribution in [2.45, 2.75) is 19.4 Å². The number of ether oxygens (including phenoxy) is 1. The number of methoxy groups -OCH3 is 1. The number of non-ortho nitro benzene ring substituents is 1. The van der Waals surface area contributed by atoms with Gasteiger partial charge in [0.1, 0.15) is 0 Å². The molecule has 2 aromatic carbocycles. The normalized spacial score (nSPS) is 15.2. The van der Waals surface area contributed by atoms with E-state index in [1.807, 2.05) is 0 Å². The Bertz CT molecular complexity index is 972. The van der Waals surface area contributed by atoms with Crippen LogP contribution in [0.3, 0.4) is 0 Å². The molecule has 0 radical (unpaired) electrons. The van der Waals surface area contributed by atoms with E-state index >= 15 is 0 Å². The maximum absolute atomic E-state index is 12.4. The first-order valence-electron chi connectivity index (χ1n) is 9.72. The lowest BCUT2D eigenvalue weighted by Gasteiger charge is -2.30. The van der Waals surface area contributed by atoms with Crippen molar-refractivity contribution in [3.63, 3.8) is 0 Å². The Balaban J connectivity index is 1.48. The maximum atomic E-state index is 12.4. The van der Waals surface area contributed by atoms with Crippen molar-refractivity contribution in [3.05, 3.63) is 62.1 Å². The fourth-order valence-corrected chi connectivity index (χ4v) is 3.89. The number of phenols is 1. The van der Waals surface area contributed by atoms with E-state index in [0.717, 1.165) is 23.1 Å². The van der Waals surface area contributed by atoms with E-state index in [-0.39, 0.29) is 23.3 Å². The Morgan fingerprint density at radius 1 is 1.35 bits per heavy atom. The Hall–Kier alpha value is -2.98. The first kappa shape index (κ1) is 22.7. The van der Waals surface area contributed by atoms with E-state index in [1.165, 1.54) is 25.5 Å². The SMILES string of the molecule is COc1cc(Br)cc(/C=N\NC(=O)C2CCN(Cc3ccc([N+](=O)[O-])cc3)CC2)c1O. The summed E-state index contributed by atoms with van der Waals surface area (Å²) in [7, 11) is 1.46. The minimum atomic E-state index is -0.412. The number of benzene rings is 2. The summed E-state index contributed by atoms with van der Waals surface area (Å²) in [5, 5.41) is 24.9. The van der Waals surface area contributed by atoms with Gasteiger partial charge in [-0.2, -0.15) is 5.10 Å². The largest absolute Gasteiger partial charge is 0.504 e. The van der Waals surface area contributed by atoms with Gasteiger partial charge in [0, 0.05) is 34.6 Å². The average Bonchev–Trinajstić information content (AvgIpc) is 2.76. The third-order valence-corrected chi connectivity index (χ3v) is 5.64. The van der Waals surface area contributed by atoms with E-state index in [4.69, 9.17) is 4.74 Å². The number of piperidine rings is 1. The van der Waals surface area contributed by atoms with Gasteiger partial charge >= 0.3 is 0 Å². The Morgan fingerprint density at radius 3 is 2.65 bits per heavy atom. The number of rotatable bonds is 7. The van der Waals surface area contributed by atoms with Crippen LogP contribution < -0.4 is 10.2 Å². The summed E-state index contributed by atoms with van der Waals surface area (Å²) in [6, 6.07) is 9.84. The second-order valence-corrected chi connectivity index (χ2v) is 8.17. The number of hydrogen-bond donors (Lipinski definition) is 2. The van der Waals surface area contributed by atoms with Gasteiger partial charge < -0.3 is 9.84 Å². The second-order valence-electron chi connectivity index (χ2n) is 7.25. The third-order valence-electron chi connectivity index (χ3n) is 5.18. The minimum Gasteiger partial charge on any atom is -0.504 e. The average molecular weight is 491 g/mol. The van der Waals surface area contributed by atoms with E-state index in [2.05, 4.69) is 31.4 Å². The van der Waals surface area contributed by atoms with E-state index < -0.39 is 4.92 Å². The molecule has 1 amide bonds. The summed E-state index contributed by atoms with van der Waals surface area (Å²) in [5.74, 6) is -0.0469. The van der Waals surface area contributed by atoms with Crippen LogP contribution in [0.25, 0.3) is 0 Å². The molecule has 1 heterocycles. The molecule has 0 bridgehead atoms. The molecule has 3 rings (SSSR count). The zero-order chi connectivity index (χ0) is 22.4. The van der Waals surface area contributed by atoms with Crippen LogP contribution in [-0.4, -0.2) is 47.3 Å². The van der Waals surface area contributed by atoms with Crippen LogP contribution in [0, 0.1) is 16.0 Å². The zero-order valence-electron chi connectivity index (χ0n) is 17.0. The highest BCUT2D eigenvalue weighted by molar-refractivity contribution is 9.10. The molecule has 9 nitrogen and oxygen atoms in total. The molecule has 2 aromatic rings. The van der Waals surface area contributed by atoms with Crippen molar-refractivity contribution in [3.8, 4) is 11.5 Å². The van der Waals surface area contributed by atoms with Crippen LogP contribution in [0.5, 0.6) is 11.5 Å². The fourth-order valence-electron chi connectivity index (χ4n) is 3.44. The molecule has 1 saturated heterocycles. The number of aromatic hydroxyl groups is 1. The van der Waals surface area contributed by atoms with Crippen LogP contribution >= 0.6 is 15.9 Å². The molecule has 0 aromatic heterocycles. The molecule has 0 spiro atoms. The molecule has 1 fully saturated rings. The van der Waals surface area contributed by atoms with Crippen LogP contribution in [0.15, 0.2) is 46.0 Å². The Kier molecular flexibility index (Phi) is 7.59. The first-order valence-corrected chi connectivity index (χ1v) is 10.5. The number of carbonyl (C=O) groups excluding carboxylic acids is 1. The fraction of sp³-hybridized carbons (Fsp3) is 0.333. The molecule has 1 aliphatic rings. The standard InChI is InChI=1S/C21H23BrN4O5/c1-31-19-11-17(22)10-16(20(19)27)12-23-24-21(28)15-6-8-25(9-7-15)13-14-2-4-18(5-3-14)26(29)30/h2-5,10-12,15,27H,6-9,13H2,1H3,(H,24,28)/b23-12-. The van der Waals surface area contributed by atoms with Crippen LogP contribution in [0.2, 0.25) is 0 Å². The lowest BCUT2D eigenvalue weighted by atomic mass is 9.96. The van der Waals surface area contributed by atoms with Crippen LogP contribution in [0.1, 0.15) is 24.0 Å². The second kappa shape index (κ2) is 10.4. The number of hydrogen-bond acceptors (Lipinski definition) is 7. The van der Waals surface area contributed by atoms with E-state index in [1.54, 1.807) is 24.3 Å². The maximum Gasteiger partial charge on any atom is 0.269 e. The quantitative estimate of drug-likeness (QED) is 0.348. The highest BCUT2D eigenvalue weighted by Crippen LogP contribution is 2.32. The molecule has 0 unspecified atom stereocenters. The Morgan fingerprint density at radius 2 is 2.03 bits per heavy atom. The number of nitrogens with one attached hydrogen (secondary N) is 1. The van der Waals surface area contributed by atoms with Gasteiger partial charge in [0.15, 0.2) is 11.5 Å². The van der Waals surface area contributed by atoms with Gasteiger partial charge in [-0.15, -0.1) is 0 Å². The van der Waals surface area contributed by atoms with Gasteiger partial charge in [0.25, 0.3) is 5.69 Å². The molecule has 164 valence electrons.